The summed E-state index contributed by atoms with van der Waals surface area (Å²) in [6.45, 7) is 9.39. The number of aromatic nitrogens is 3. The zero-order valence-electron chi connectivity index (χ0n) is 15.8. The molecule has 0 spiro atoms. The number of aromatic amines is 1. The minimum Gasteiger partial charge on any atom is -0.262 e. The Balaban J connectivity index is 1.68. The van der Waals surface area contributed by atoms with Gasteiger partial charge >= 0.3 is 0 Å². The molecule has 1 N–H and O–H groups in total. The van der Waals surface area contributed by atoms with Gasteiger partial charge < -0.3 is 0 Å². The maximum atomic E-state index is 4.75. The molecule has 1 aliphatic carbocycles. The maximum absolute atomic E-state index is 4.75. The van der Waals surface area contributed by atoms with Crippen LogP contribution in [0.2, 0.25) is 0 Å². The third-order valence-corrected chi connectivity index (χ3v) is 6.72. The highest BCUT2D eigenvalue weighted by Gasteiger charge is 2.33. The van der Waals surface area contributed by atoms with Crippen LogP contribution in [0.5, 0.6) is 0 Å². The van der Waals surface area contributed by atoms with E-state index in [-0.39, 0.29) is 4.83 Å². The molecule has 1 heterocycles. The summed E-state index contributed by atoms with van der Waals surface area (Å²) in [5.74, 6) is 4.91. The Morgan fingerprint density at radius 1 is 1.12 bits per heavy atom. The van der Waals surface area contributed by atoms with Crippen molar-refractivity contribution in [3.63, 3.8) is 0 Å². The molecule has 0 radical (unpaired) electrons. The lowest BCUT2D eigenvalue weighted by Gasteiger charge is -2.38. The zero-order chi connectivity index (χ0) is 18.0. The van der Waals surface area contributed by atoms with Gasteiger partial charge in [-0.25, -0.2) is 4.98 Å². The molecular weight excluding hydrogens is 374 g/mol. The van der Waals surface area contributed by atoms with Crippen molar-refractivity contribution < 1.29 is 0 Å². The largest absolute Gasteiger partial charge is 0.262 e. The van der Waals surface area contributed by atoms with Gasteiger partial charge in [-0.1, -0.05) is 67.9 Å². The van der Waals surface area contributed by atoms with Gasteiger partial charge in [0.2, 0.25) is 0 Å². The number of rotatable bonds is 5. The lowest BCUT2D eigenvalue weighted by molar-refractivity contribution is 0.127. The first-order valence-electron chi connectivity index (χ1n) is 9.63. The molecule has 2 aromatic rings. The number of nitrogens with one attached hydrogen (secondary N) is 1. The van der Waals surface area contributed by atoms with E-state index in [0.717, 1.165) is 53.7 Å². The molecule has 25 heavy (non-hydrogen) atoms. The van der Waals surface area contributed by atoms with Crippen molar-refractivity contribution in [2.24, 2.45) is 23.7 Å². The molecule has 1 aromatic carbocycles. The number of hydrogen-bond acceptors (Lipinski definition) is 2. The van der Waals surface area contributed by atoms with Gasteiger partial charge in [0.1, 0.15) is 5.82 Å². The van der Waals surface area contributed by atoms with Crippen LogP contribution in [0.3, 0.4) is 0 Å². The highest BCUT2D eigenvalue weighted by molar-refractivity contribution is 9.09. The van der Waals surface area contributed by atoms with Crippen LogP contribution >= 0.6 is 15.9 Å². The standard InChI is InChI=1S/C21H30BrN3/c1-5-16-6-8-17(9-7-16)20-23-21(25-24-20)19(22)12-18-14(3)10-13(2)11-15(18)4/h6-9,13-15,18-19H,5,10-12H2,1-4H3,(H,23,24,25). The summed E-state index contributed by atoms with van der Waals surface area (Å²) in [6, 6.07) is 8.54. The molecular formula is C21H30BrN3. The summed E-state index contributed by atoms with van der Waals surface area (Å²) < 4.78 is 0. The number of hydrogen-bond donors (Lipinski definition) is 1. The fourth-order valence-electron chi connectivity index (χ4n) is 4.52. The second-order valence-electron chi connectivity index (χ2n) is 7.99. The number of aryl methyl sites for hydroxylation is 1. The van der Waals surface area contributed by atoms with Crippen molar-refractivity contribution in [1.82, 2.24) is 15.2 Å². The van der Waals surface area contributed by atoms with Crippen LogP contribution in [0.15, 0.2) is 24.3 Å². The molecule has 3 rings (SSSR count). The van der Waals surface area contributed by atoms with Gasteiger partial charge in [0.05, 0.1) is 4.83 Å². The molecule has 1 fully saturated rings. The second-order valence-corrected chi connectivity index (χ2v) is 9.10. The zero-order valence-corrected chi connectivity index (χ0v) is 17.4. The van der Waals surface area contributed by atoms with Crippen LogP contribution in [0.1, 0.15) is 63.2 Å². The molecule has 4 heteroatoms. The molecule has 3 nitrogen and oxygen atoms in total. The number of H-pyrrole nitrogens is 1. The summed E-state index contributed by atoms with van der Waals surface area (Å²) in [7, 11) is 0. The van der Waals surface area contributed by atoms with Gasteiger partial charge in [-0.2, -0.15) is 5.10 Å². The molecule has 0 aliphatic heterocycles. The first-order valence-corrected chi connectivity index (χ1v) is 10.5. The average Bonchev–Trinajstić information content (AvgIpc) is 3.08. The van der Waals surface area contributed by atoms with Crippen LogP contribution in [-0.2, 0) is 6.42 Å². The van der Waals surface area contributed by atoms with E-state index in [1.165, 1.54) is 18.4 Å². The molecule has 0 bridgehead atoms. The fraction of sp³-hybridized carbons (Fsp3) is 0.619. The SMILES string of the molecule is CCc1ccc(-c2n[nH]c(C(Br)CC3C(C)CC(C)CC3C)n2)cc1. The molecule has 1 aromatic heterocycles. The lowest BCUT2D eigenvalue weighted by atomic mass is 9.68. The Labute approximate surface area is 160 Å². The Morgan fingerprint density at radius 2 is 1.76 bits per heavy atom. The second kappa shape index (κ2) is 8.03. The van der Waals surface area contributed by atoms with Crippen molar-refractivity contribution in [2.45, 2.75) is 58.2 Å². The van der Waals surface area contributed by atoms with E-state index < -0.39 is 0 Å². The summed E-state index contributed by atoms with van der Waals surface area (Å²) >= 11 is 3.87. The van der Waals surface area contributed by atoms with E-state index in [0.29, 0.717) is 0 Å². The maximum Gasteiger partial charge on any atom is 0.181 e. The van der Waals surface area contributed by atoms with Crippen molar-refractivity contribution in [3.05, 3.63) is 35.7 Å². The number of alkyl halides is 1. The van der Waals surface area contributed by atoms with Gasteiger partial charge in [0.15, 0.2) is 5.82 Å². The van der Waals surface area contributed by atoms with Crippen molar-refractivity contribution in [1.29, 1.82) is 0 Å². The third kappa shape index (κ3) is 4.33. The van der Waals surface area contributed by atoms with Crippen LogP contribution in [0.25, 0.3) is 11.4 Å². The predicted molar refractivity (Wildman–Crippen MR) is 108 cm³/mol. The molecule has 0 amide bonds. The summed E-state index contributed by atoms with van der Waals surface area (Å²) in [5, 5.41) is 7.59. The predicted octanol–water partition coefficient (Wildman–Crippen LogP) is 6.18. The number of nitrogens with zero attached hydrogens (tertiary/aromatic N) is 2. The Kier molecular flexibility index (Phi) is 5.98. The number of benzene rings is 1. The molecule has 0 saturated heterocycles. The summed E-state index contributed by atoms with van der Waals surface area (Å²) in [5.41, 5.74) is 2.42. The Hall–Kier alpha value is -1.16. The highest BCUT2D eigenvalue weighted by Crippen LogP contribution is 2.43. The fourth-order valence-corrected chi connectivity index (χ4v) is 5.16. The van der Waals surface area contributed by atoms with Gasteiger partial charge in [-0.05, 0) is 54.9 Å². The lowest BCUT2D eigenvalue weighted by Crippen LogP contribution is -2.29. The van der Waals surface area contributed by atoms with E-state index >= 15 is 0 Å². The van der Waals surface area contributed by atoms with E-state index in [4.69, 9.17) is 4.98 Å². The molecule has 136 valence electrons. The minimum absolute atomic E-state index is 0.243. The summed E-state index contributed by atoms with van der Waals surface area (Å²) in [6.07, 6.45) is 4.87. The average molecular weight is 404 g/mol. The van der Waals surface area contributed by atoms with E-state index in [1.54, 1.807) is 0 Å². The first-order chi connectivity index (χ1) is 12.0. The third-order valence-electron chi connectivity index (χ3n) is 5.91. The number of halogens is 1. The van der Waals surface area contributed by atoms with Gasteiger partial charge in [0.25, 0.3) is 0 Å². The molecule has 1 aliphatic rings. The van der Waals surface area contributed by atoms with Crippen LogP contribution in [0, 0.1) is 23.7 Å². The molecule has 1 saturated carbocycles. The van der Waals surface area contributed by atoms with Crippen molar-refractivity contribution in [3.8, 4) is 11.4 Å². The monoisotopic (exact) mass is 403 g/mol. The van der Waals surface area contributed by atoms with Crippen LogP contribution < -0.4 is 0 Å². The minimum atomic E-state index is 0.243. The van der Waals surface area contributed by atoms with Crippen molar-refractivity contribution in [2.75, 3.05) is 0 Å². The quantitative estimate of drug-likeness (QED) is 0.605. The first kappa shape index (κ1) is 18.6. The molecule has 3 unspecified atom stereocenters. The van der Waals surface area contributed by atoms with Crippen LogP contribution in [0.4, 0.5) is 0 Å². The Bertz CT molecular complexity index is 667. The summed E-state index contributed by atoms with van der Waals surface area (Å²) in [4.78, 5) is 5.00. The highest BCUT2D eigenvalue weighted by atomic mass is 79.9. The molecule has 3 atom stereocenters. The Morgan fingerprint density at radius 3 is 2.36 bits per heavy atom. The van der Waals surface area contributed by atoms with E-state index in [1.807, 2.05) is 0 Å². The van der Waals surface area contributed by atoms with Gasteiger partial charge in [-0.3, -0.25) is 5.10 Å². The van der Waals surface area contributed by atoms with E-state index in [2.05, 4.69) is 78.1 Å². The van der Waals surface area contributed by atoms with Gasteiger partial charge in [0, 0.05) is 5.56 Å². The van der Waals surface area contributed by atoms with E-state index in [9.17, 15) is 0 Å². The van der Waals surface area contributed by atoms with Gasteiger partial charge in [-0.15, -0.1) is 0 Å². The smallest absolute Gasteiger partial charge is 0.181 e. The van der Waals surface area contributed by atoms with Crippen LogP contribution in [-0.4, -0.2) is 15.2 Å². The topological polar surface area (TPSA) is 41.6 Å². The normalized spacial score (nSPS) is 28.0. The van der Waals surface area contributed by atoms with Crippen molar-refractivity contribution >= 4 is 15.9 Å².